The van der Waals surface area contributed by atoms with E-state index in [2.05, 4.69) is 20.9 Å². The number of amides is 1. The Hall–Kier alpha value is -2.49. The predicted molar refractivity (Wildman–Crippen MR) is 120 cm³/mol. The topological polar surface area (TPSA) is 84.0 Å². The van der Waals surface area contributed by atoms with Crippen molar-refractivity contribution in [3.8, 4) is 11.5 Å². The number of benzene rings is 2. The summed E-state index contributed by atoms with van der Waals surface area (Å²) in [6.45, 7) is 1.60. The fraction of sp³-hybridized carbons (Fsp3) is 0.300. The molecule has 0 saturated heterocycles. The third-order valence-electron chi connectivity index (χ3n) is 4.24. The van der Waals surface area contributed by atoms with Crippen molar-refractivity contribution in [2.24, 2.45) is 4.99 Å². The van der Waals surface area contributed by atoms with Crippen LogP contribution in [0, 0.1) is 0 Å². The minimum Gasteiger partial charge on any atom is -0.454 e. The van der Waals surface area contributed by atoms with Crippen molar-refractivity contribution in [3.05, 3.63) is 59.2 Å². The van der Waals surface area contributed by atoms with Crippen molar-refractivity contribution in [3.63, 3.8) is 0 Å². The highest BCUT2D eigenvalue weighted by Crippen LogP contribution is 2.32. The molecular weight excluding hydrogens is 471 g/mol. The van der Waals surface area contributed by atoms with Gasteiger partial charge in [-0.05, 0) is 41.8 Å². The average molecular weight is 496 g/mol. The number of hydrogen-bond acceptors (Lipinski definition) is 4. The Morgan fingerprint density at radius 3 is 2.68 bits per heavy atom. The molecule has 28 heavy (non-hydrogen) atoms. The Balaban J connectivity index is 0.00000280. The second-order valence-corrected chi connectivity index (χ2v) is 6.07. The summed E-state index contributed by atoms with van der Waals surface area (Å²) in [6.07, 6.45) is 0.837. The van der Waals surface area contributed by atoms with E-state index in [-0.39, 0.29) is 36.7 Å². The first-order valence-corrected chi connectivity index (χ1v) is 8.83. The summed E-state index contributed by atoms with van der Waals surface area (Å²) in [4.78, 5) is 16.0. The van der Waals surface area contributed by atoms with Crippen LogP contribution in [0.4, 0.5) is 0 Å². The molecule has 3 rings (SSSR count). The van der Waals surface area contributed by atoms with Crippen LogP contribution in [-0.4, -0.2) is 39.3 Å². The first-order chi connectivity index (χ1) is 13.2. The van der Waals surface area contributed by atoms with Crippen LogP contribution < -0.4 is 25.4 Å². The van der Waals surface area contributed by atoms with Crippen molar-refractivity contribution in [1.82, 2.24) is 16.0 Å². The number of fused-ring (bicyclic) bond motifs is 1. The molecule has 2 aromatic carbocycles. The molecule has 7 nitrogen and oxygen atoms in total. The molecule has 2 aromatic rings. The Morgan fingerprint density at radius 1 is 1.07 bits per heavy atom. The van der Waals surface area contributed by atoms with Crippen LogP contribution in [0.25, 0.3) is 0 Å². The van der Waals surface area contributed by atoms with Crippen molar-refractivity contribution in [2.45, 2.75) is 13.0 Å². The lowest BCUT2D eigenvalue weighted by Gasteiger charge is -2.12. The number of guanidine groups is 1. The minimum atomic E-state index is -0.0944. The van der Waals surface area contributed by atoms with Crippen LogP contribution in [0.15, 0.2) is 47.5 Å². The van der Waals surface area contributed by atoms with Crippen LogP contribution in [0.3, 0.4) is 0 Å². The Bertz CT molecular complexity index is 842. The van der Waals surface area contributed by atoms with Gasteiger partial charge in [-0.3, -0.25) is 9.79 Å². The van der Waals surface area contributed by atoms with Crippen molar-refractivity contribution < 1.29 is 14.3 Å². The van der Waals surface area contributed by atoms with Gasteiger partial charge in [-0.1, -0.05) is 18.2 Å². The van der Waals surface area contributed by atoms with Crippen molar-refractivity contribution >= 4 is 35.8 Å². The van der Waals surface area contributed by atoms with Crippen LogP contribution in [0.2, 0.25) is 0 Å². The van der Waals surface area contributed by atoms with E-state index in [1.54, 1.807) is 20.2 Å². The molecule has 1 amide bonds. The Labute approximate surface area is 181 Å². The molecule has 0 aromatic heterocycles. The van der Waals surface area contributed by atoms with E-state index >= 15 is 0 Å². The summed E-state index contributed by atoms with van der Waals surface area (Å²) >= 11 is 0. The van der Waals surface area contributed by atoms with Gasteiger partial charge in [0.25, 0.3) is 5.91 Å². The molecule has 150 valence electrons. The van der Waals surface area contributed by atoms with Crippen LogP contribution >= 0.6 is 24.0 Å². The van der Waals surface area contributed by atoms with Gasteiger partial charge in [0.05, 0.1) is 0 Å². The molecule has 8 heteroatoms. The standard InChI is InChI=1S/C20H24N4O3.HI/c1-21-19(25)16-5-3-4-15(10-16)12-24-20(22-2)23-9-8-14-6-7-17-18(11-14)27-13-26-17;/h3-7,10-11H,8-9,12-13H2,1-2H3,(H,21,25)(H2,22,23,24);1H. The lowest BCUT2D eigenvalue weighted by atomic mass is 10.1. The van der Waals surface area contributed by atoms with Gasteiger partial charge in [0.15, 0.2) is 17.5 Å². The first kappa shape index (κ1) is 21.8. The first-order valence-electron chi connectivity index (χ1n) is 8.83. The lowest BCUT2D eigenvalue weighted by molar-refractivity contribution is 0.0963. The van der Waals surface area contributed by atoms with Crippen LogP contribution in [0.5, 0.6) is 11.5 Å². The molecule has 0 aliphatic carbocycles. The van der Waals surface area contributed by atoms with E-state index in [0.717, 1.165) is 30.0 Å². The number of halogens is 1. The van der Waals surface area contributed by atoms with Crippen LogP contribution in [0.1, 0.15) is 21.5 Å². The zero-order valence-corrected chi connectivity index (χ0v) is 18.3. The third kappa shape index (κ3) is 5.75. The number of rotatable bonds is 6. The van der Waals surface area contributed by atoms with E-state index in [0.29, 0.717) is 18.1 Å². The molecule has 0 atom stereocenters. The maximum atomic E-state index is 11.7. The molecule has 0 fully saturated rings. The second kappa shape index (κ2) is 10.7. The zero-order valence-electron chi connectivity index (χ0n) is 16.0. The normalized spacial score (nSPS) is 12.1. The van der Waals surface area contributed by atoms with Crippen LogP contribution in [-0.2, 0) is 13.0 Å². The third-order valence-corrected chi connectivity index (χ3v) is 4.24. The van der Waals surface area contributed by atoms with Gasteiger partial charge in [0.2, 0.25) is 6.79 Å². The Morgan fingerprint density at radius 2 is 1.89 bits per heavy atom. The second-order valence-electron chi connectivity index (χ2n) is 6.07. The monoisotopic (exact) mass is 496 g/mol. The SMILES string of the molecule is CN=C(NCCc1ccc2c(c1)OCO2)NCc1cccc(C(=O)NC)c1.I. The van der Waals surface area contributed by atoms with Gasteiger partial charge in [0, 0.05) is 32.7 Å². The molecule has 1 aliphatic heterocycles. The minimum absolute atomic E-state index is 0. The molecule has 3 N–H and O–H groups in total. The highest BCUT2D eigenvalue weighted by Gasteiger charge is 2.13. The lowest BCUT2D eigenvalue weighted by Crippen LogP contribution is -2.37. The summed E-state index contributed by atoms with van der Waals surface area (Å²) < 4.78 is 10.7. The van der Waals surface area contributed by atoms with Crippen molar-refractivity contribution in [1.29, 1.82) is 0 Å². The van der Waals surface area contributed by atoms with Gasteiger partial charge in [0.1, 0.15) is 0 Å². The largest absolute Gasteiger partial charge is 0.454 e. The number of ether oxygens (including phenoxy) is 2. The number of nitrogens with zero attached hydrogens (tertiary/aromatic N) is 1. The summed E-state index contributed by atoms with van der Waals surface area (Å²) in [6, 6.07) is 13.5. The highest BCUT2D eigenvalue weighted by molar-refractivity contribution is 14.0. The summed E-state index contributed by atoms with van der Waals surface area (Å²) in [5, 5.41) is 9.18. The molecule has 0 saturated carbocycles. The number of nitrogens with one attached hydrogen (secondary N) is 3. The van der Waals surface area contributed by atoms with Gasteiger partial charge in [-0.15, -0.1) is 24.0 Å². The number of carbonyl (C=O) groups is 1. The Kier molecular flexibility index (Phi) is 8.37. The van der Waals surface area contributed by atoms with E-state index in [9.17, 15) is 4.79 Å². The molecule has 0 radical (unpaired) electrons. The van der Waals surface area contributed by atoms with Crippen molar-refractivity contribution in [2.75, 3.05) is 27.4 Å². The van der Waals surface area contributed by atoms with Gasteiger partial charge in [-0.2, -0.15) is 0 Å². The fourth-order valence-corrected chi connectivity index (χ4v) is 2.79. The smallest absolute Gasteiger partial charge is 0.251 e. The predicted octanol–water partition coefficient (Wildman–Crippen LogP) is 2.30. The molecule has 0 spiro atoms. The molecular formula is C20H25IN4O3. The van der Waals surface area contributed by atoms with E-state index in [1.165, 1.54) is 5.56 Å². The van der Waals surface area contributed by atoms with E-state index < -0.39 is 0 Å². The number of hydrogen-bond donors (Lipinski definition) is 3. The molecule has 0 bridgehead atoms. The molecule has 1 heterocycles. The maximum Gasteiger partial charge on any atom is 0.251 e. The summed E-state index contributed by atoms with van der Waals surface area (Å²) in [5.41, 5.74) is 2.82. The number of carbonyl (C=O) groups excluding carboxylic acids is 1. The van der Waals surface area contributed by atoms with Gasteiger partial charge >= 0.3 is 0 Å². The quantitative estimate of drug-likeness (QED) is 0.325. The highest BCUT2D eigenvalue weighted by atomic mass is 127. The number of aliphatic imine (C=N–C) groups is 1. The van der Waals surface area contributed by atoms with Gasteiger partial charge < -0.3 is 25.4 Å². The molecule has 1 aliphatic rings. The zero-order chi connectivity index (χ0) is 19.1. The van der Waals surface area contributed by atoms with E-state index in [4.69, 9.17) is 9.47 Å². The average Bonchev–Trinajstić information content (AvgIpc) is 3.18. The molecule has 0 unspecified atom stereocenters. The fourth-order valence-electron chi connectivity index (χ4n) is 2.79. The summed E-state index contributed by atoms with van der Waals surface area (Å²) in [7, 11) is 3.36. The van der Waals surface area contributed by atoms with E-state index in [1.807, 2.05) is 36.4 Å². The maximum absolute atomic E-state index is 11.7. The van der Waals surface area contributed by atoms with Gasteiger partial charge in [-0.25, -0.2) is 0 Å². The summed E-state index contributed by atoms with van der Waals surface area (Å²) in [5.74, 6) is 2.21.